The van der Waals surface area contributed by atoms with Crippen molar-refractivity contribution in [1.82, 2.24) is 39.3 Å². The Morgan fingerprint density at radius 3 is 2.61 bits per heavy atom. The summed E-state index contributed by atoms with van der Waals surface area (Å²) < 4.78 is 10.8. The van der Waals surface area contributed by atoms with Crippen molar-refractivity contribution in [1.29, 1.82) is 0 Å². The normalized spacial score (nSPS) is 12.5. The van der Waals surface area contributed by atoms with Crippen LogP contribution in [0, 0.1) is 0 Å². The van der Waals surface area contributed by atoms with E-state index in [0.717, 1.165) is 69.3 Å². The summed E-state index contributed by atoms with van der Waals surface area (Å²) in [6, 6.07) is 10.5. The Morgan fingerprint density at radius 2 is 1.79 bits per heavy atom. The number of ether oxygens (including phenoxy) is 1. The smallest absolute Gasteiger partial charge is 0.134 e. The van der Waals surface area contributed by atoms with E-state index in [2.05, 4.69) is 39.4 Å². The van der Waals surface area contributed by atoms with E-state index in [4.69, 9.17) is 19.9 Å². The molecule has 10 heteroatoms. The molecule has 0 saturated carbocycles. The zero-order valence-electron chi connectivity index (χ0n) is 21.6. The van der Waals surface area contributed by atoms with Gasteiger partial charge in [0.05, 0.1) is 61.7 Å². The van der Waals surface area contributed by atoms with Crippen LogP contribution >= 0.6 is 0 Å². The van der Waals surface area contributed by atoms with Gasteiger partial charge in [0, 0.05) is 49.4 Å². The number of rotatable bonds is 9. The van der Waals surface area contributed by atoms with Crippen LogP contribution in [-0.2, 0) is 44.1 Å². The van der Waals surface area contributed by atoms with E-state index in [1.54, 1.807) is 11.8 Å². The lowest BCUT2D eigenvalue weighted by atomic mass is 9.91. The van der Waals surface area contributed by atoms with Gasteiger partial charge in [0.25, 0.3) is 0 Å². The highest BCUT2D eigenvalue weighted by atomic mass is 16.5. The molecule has 0 spiro atoms. The highest BCUT2D eigenvalue weighted by molar-refractivity contribution is 5.84. The first-order valence-corrected chi connectivity index (χ1v) is 12.8. The van der Waals surface area contributed by atoms with Gasteiger partial charge in [0.15, 0.2) is 0 Å². The summed E-state index contributed by atoms with van der Waals surface area (Å²) >= 11 is 0. The van der Waals surface area contributed by atoms with E-state index < -0.39 is 0 Å². The van der Waals surface area contributed by atoms with Crippen LogP contribution < -0.4 is 0 Å². The first kappa shape index (κ1) is 24.2. The summed E-state index contributed by atoms with van der Waals surface area (Å²) in [4.78, 5) is 9.70. The molecule has 0 aliphatic heterocycles. The Kier molecular flexibility index (Phi) is 6.57. The lowest BCUT2D eigenvalue weighted by molar-refractivity contribution is 0.183. The van der Waals surface area contributed by atoms with Gasteiger partial charge >= 0.3 is 0 Å². The number of benzene rings is 1. The summed E-state index contributed by atoms with van der Waals surface area (Å²) in [5, 5.41) is 23.0. The standard InChI is InChI=1S/C28H30N8O2/c1-34-28(20-5-3-19(4-6-20)22-17-30-36(18-22)11-13-37)26-24(33-34)8-7-21-16-29-25(31-27(21)26)15-23-9-10-35(32-23)12-14-38-2/h3-6,9-10,16-18,37H,7-8,11-15H2,1-2H3. The van der Waals surface area contributed by atoms with Gasteiger partial charge in [-0.3, -0.25) is 14.0 Å². The topological polar surface area (TPSA) is 109 Å². The average molecular weight is 511 g/mol. The molecule has 194 valence electrons. The summed E-state index contributed by atoms with van der Waals surface area (Å²) in [6.07, 6.45) is 10.0. The molecule has 1 N–H and O–H groups in total. The quantitative estimate of drug-likeness (QED) is 0.325. The van der Waals surface area contributed by atoms with E-state index >= 15 is 0 Å². The zero-order valence-corrected chi connectivity index (χ0v) is 21.6. The number of hydrogen-bond acceptors (Lipinski definition) is 7. The average Bonchev–Trinajstić information content (AvgIpc) is 3.66. The van der Waals surface area contributed by atoms with Crippen molar-refractivity contribution in [3.8, 4) is 33.6 Å². The van der Waals surface area contributed by atoms with Crippen LogP contribution in [0.4, 0.5) is 0 Å². The van der Waals surface area contributed by atoms with Gasteiger partial charge < -0.3 is 9.84 Å². The number of nitrogens with zero attached hydrogens (tertiary/aromatic N) is 8. The number of hydrogen-bond donors (Lipinski definition) is 1. The Hall–Kier alpha value is -4.15. The van der Waals surface area contributed by atoms with E-state index in [1.807, 2.05) is 47.3 Å². The second-order valence-corrected chi connectivity index (χ2v) is 9.49. The van der Waals surface area contributed by atoms with Gasteiger partial charge in [-0.2, -0.15) is 15.3 Å². The van der Waals surface area contributed by atoms with Gasteiger partial charge in [-0.1, -0.05) is 24.3 Å². The third kappa shape index (κ3) is 4.64. The molecule has 1 aliphatic rings. The van der Waals surface area contributed by atoms with Crippen LogP contribution in [0.5, 0.6) is 0 Å². The predicted molar refractivity (Wildman–Crippen MR) is 142 cm³/mol. The highest BCUT2D eigenvalue weighted by Crippen LogP contribution is 2.39. The monoisotopic (exact) mass is 510 g/mol. The van der Waals surface area contributed by atoms with E-state index in [-0.39, 0.29) is 6.61 Å². The fraction of sp³-hybridized carbons (Fsp3) is 0.321. The number of aromatic nitrogens is 8. The molecule has 4 aromatic heterocycles. The summed E-state index contributed by atoms with van der Waals surface area (Å²) in [5.74, 6) is 0.749. The van der Waals surface area contributed by atoms with Crippen molar-refractivity contribution in [3.63, 3.8) is 0 Å². The highest BCUT2D eigenvalue weighted by Gasteiger charge is 2.27. The molecule has 38 heavy (non-hydrogen) atoms. The van der Waals surface area contributed by atoms with Gasteiger partial charge in [0.2, 0.25) is 0 Å². The minimum atomic E-state index is 0.0655. The Morgan fingerprint density at radius 1 is 0.947 bits per heavy atom. The number of fused-ring (bicyclic) bond motifs is 3. The van der Waals surface area contributed by atoms with Crippen LogP contribution in [0.1, 0.15) is 22.8 Å². The SMILES string of the molecule is COCCn1ccc(Cc2ncc3c(n2)-c2c(nn(C)c2-c2ccc(-c4cnn(CCO)c4)cc2)CC3)n1. The van der Waals surface area contributed by atoms with Crippen LogP contribution in [0.3, 0.4) is 0 Å². The van der Waals surface area contributed by atoms with Gasteiger partial charge in [-0.25, -0.2) is 9.97 Å². The molecule has 0 radical (unpaired) electrons. The molecule has 5 aromatic rings. The molecule has 1 aromatic carbocycles. The van der Waals surface area contributed by atoms with Crippen molar-refractivity contribution in [2.75, 3.05) is 20.3 Å². The number of methoxy groups -OCH3 is 1. The Labute approximate surface area is 220 Å². The molecule has 4 heterocycles. The maximum Gasteiger partial charge on any atom is 0.134 e. The third-order valence-electron chi connectivity index (χ3n) is 6.92. The Bertz CT molecular complexity index is 1560. The van der Waals surface area contributed by atoms with Crippen LogP contribution in [0.15, 0.2) is 55.1 Å². The molecule has 0 atom stereocenters. The second kappa shape index (κ2) is 10.3. The number of aliphatic hydroxyl groups excluding tert-OH is 1. The maximum atomic E-state index is 9.17. The molecule has 0 bridgehead atoms. The van der Waals surface area contributed by atoms with E-state index in [1.165, 1.54) is 0 Å². The zero-order chi connectivity index (χ0) is 26.1. The summed E-state index contributed by atoms with van der Waals surface area (Å²) in [7, 11) is 3.69. The second-order valence-electron chi connectivity index (χ2n) is 9.49. The first-order chi connectivity index (χ1) is 18.6. The predicted octanol–water partition coefficient (Wildman–Crippen LogP) is 2.93. The van der Waals surface area contributed by atoms with Crippen LogP contribution in [0.25, 0.3) is 33.6 Å². The lowest BCUT2D eigenvalue weighted by Crippen LogP contribution is -2.09. The molecule has 0 unspecified atom stereocenters. The number of aliphatic hydroxyl groups is 1. The van der Waals surface area contributed by atoms with Crippen LogP contribution in [0.2, 0.25) is 0 Å². The Balaban J connectivity index is 1.31. The van der Waals surface area contributed by atoms with Crippen molar-refractivity contribution < 1.29 is 9.84 Å². The lowest BCUT2D eigenvalue weighted by Gasteiger charge is -2.16. The third-order valence-corrected chi connectivity index (χ3v) is 6.92. The molecular weight excluding hydrogens is 480 g/mol. The fourth-order valence-electron chi connectivity index (χ4n) is 5.04. The molecule has 0 amide bonds. The van der Waals surface area contributed by atoms with Gasteiger partial charge in [0.1, 0.15) is 5.82 Å². The van der Waals surface area contributed by atoms with Gasteiger partial charge in [-0.05, 0) is 30.0 Å². The van der Waals surface area contributed by atoms with Crippen molar-refractivity contribution in [2.45, 2.75) is 32.4 Å². The fourth-order valence-corrected chi connectivity index (χ4v) is 5.04. The number of aryl methyl sites for hydroxylation is 3. The molecule has 0 fully saturated rings. The van der Waals surface area contributed by atoms with Crippen LogP contribution in [-0.4, -0.2) is 64.7 Å². The summed E-state index contributed by atoms with van der Waals surface area (Å²) in [6.45, 7) is 1.89. The van der Waals surface area contributed by atoms with Crippen molar-refractivity contribution in [2.24, 2.45) is 7.05 Å². The first-order valence-electron chi connectivity index (χ1n) is 12.8. The van der Waals surface area contributed by atoms with Gasteiger partial charge in [-0.15, -0.1) is 0 Å². The molecule has 0 saturated heterocycles. The minimum absolute atomic E-state index is 0.0655. The molecule has 10 nitrogen and oxygen atoms in total. The van der Waals surface area contributed by atoms with Crippen molar-refractivity contribution >= 4 is 0 Å². The van der Waals surface area contributed by atoms with E-state index in [9.17, 15) is 0 Å². The summed E-state index contributed by atoms with van der Waals surface area (Å²) in [5.41, 5.74) is 9.43. The molecule has 1 aliphatic carbocycles. The molecule has 6 rings (SSSR count). The largest absolute Gasteiger partial charge is 0.394 e. The van der Waals surface area contributed by atoms with E-state index in [0.29, 0.717) is 26.1 Å². The molecular formula is C28H30N8O2. The minimum Gasteiger partial charge on any atom is -0.394 e. The van der Waals surface area contributed by atoms with Crippen molar-refractivity contribution in [3.05, 3.63) is 77.9 Å². The maximum absolute atomic E-state index is 9.17.